The van der Waals surface area contributed by atoms with Crippen LogP contribution in [0.15, 0.2) is 59.0 Å². The smallest absolute Gasteiger partial charge is 0.249 e. The molecular weight excluding hydrogens is 368 g/mol. The van der Waals surface area contributed by atoms with Crippen LogP contribution in [0.5, 0.6) is 5.75 Å². The first-order chi connectivity index (χ1) is 14.0. The van der Waals surface area contributed by atoms with Crippen molar-refractivity contribution in [3.8, 4) is 5.75 Å². The third-order valence-corrected chi connectivity index (χ3v) is 4.81. The summed E-state index contributed by atoms with van der Waals surface area (Å²) in [5.41, 5.74) is 9.63. The van der Waals surface area contributed by atoms with Gasteiger partial charge in [0.25, 0.3) is 0 Å². The van der Waals surface area contributed by atoms with Crippen LogP contribution in [0.1, 0.15) is 28.4 Å². The Kier molecular flexibility index (Phi) is 4.68. The van der Waals surface area contributed by atoms with Crippen molar-refractivity contribution >= 4 is 39.4 Å². The number of amides is 2. The molecule has 4 rings (SSSR count). The number of methoxy groups -OCH3 is 1. The molecule has 6 heteroatoms. The number of benzene rings is 3. The van der Waals surface area contributed by atoms with Gasteiger partial charge in [0.05, 0.1) is 12.7 Å². The molecule has 6 nitrogen and oxygen atoms in total. The summed E-state index contributed by atoms with van der Waals surface area (Å²) >= 11 is 0. The Balaban J connectivity index is 2.03. The highest BCUT2D eigenvalue weighted by Gasteiger charge is 2.23. The van der Waals surface area contributed by atoms with Gasteiger partial charge in [-0.05, 0) is 41.8 Å². The molecule has 2 amide bonds. The maximum absolute atomic E-state index is 12.5. The minimum absolute atomic E-state index is 0.186. The molecule has 0 radical (unpaired) electrons. The number of carbonyl (C=O) groups is 2. The molecule has 3 N–H and O–H groups in total. The van der Waals surface area contributed by atoms with Crippen LogP contribution in [0.2, 0.25) is 0 Å². The molecule has 0 aliphatic carbocycles. The molecule has 1 heterocycles. The van der Waals surface area contributed by atoms with Crippen molar-refractivity contribution < 1.29 is 18.7 Å². The number of ether oxygens (including phenoxy) is 1. The van der Waals surface area contributed by atoms with Gasteiger partial charge in [0.15, 0.2) is 11.3 Å². The molecule has 29 heavy (non-hydrogen) atoms. The van der Waals surface area contributed by atoms with E-state index in [9.17, 15) is 9.59 Å². The first-order valence-electron chi connectivity index (χ1n) is 9.15. The Morgan fingerprint density at radius 3 is 2.52 bits per heavy atom. The highest BCUT2D eigenvalue weighted by Crippen LogP contribution is 2.40. The van der Waals surface area contributed by atoms with E-state index in [1.54, 1.807) is 31.4 Å². The summed E-state index contributed by atoms with van der Waals surface area (Å²) in [6.45, 7) is 1.44. The first kappa shape index (κ1) is 18.6. The third-order valence-electron chi connectivity index (χ3n) is 4.81. The number of rotatable bonds is 5. The Morgan fingerprint density at radius 1 is 1.10 bits per heavy atom. The second kappa shape index (κ2) is 7.31. The molecule has 0 bridgehead atoms. The number of hydrogen-bond acceptors (Lipinski definition) is 4. The maximum Gasteiger partial charge on any atom is 0.249 e. The largest absolute Gasteiger partial charge is 0.493 e. The van der Waals surface area contributed by atoms with Crippen molar-refractivity contribution in [2.24, 2.45) is 5.73 Å². The second-order valence-corrected chi connectivity index (χ2v) is 6.84. The lowest BCUT2D eigenvalue weighted by molar-refractivity contribution is -0.114. The van der Waals surface area contributed by atoms with Crippen molar-refractivity contribution in [2.75, 3.05) is 12.4 Å². The number of anilines is 1. The highest BCUT2D eigenvalue weighted by atomic mass is 16.5. The fraction of sp³-hybridized carbons (Fsp3) is 0.130. The molecule has 3 aromatic carbocycles. The molecule has 0 aliphatic heterocycles. The van der Waals surface area contributed by atoms with Gasteiger partial charge in [-0.3, -0.25) is 9.59 Å². The van der Waals surface area contributed by atoms with Crippen LogP contribution in [0.4, 0.5) is 5.69 Å². The van der Waals surface area contributed by atoms with E-state index < -0.39 is 5.91 Å². The van der Waals surface area contributed by atoms with Gasteiger partial charge < -0.3 is 20.2 Å². The zero-order valence-electron chi connectivity index (χ0n) is 16.1. The summed E-state index contributed by atoms with van der Waals surface area (Å²) in [5.74, 6) is -0.209. The Labute approximate surface area is 167 Å². The Bertz CT molecular complexity index is 1240. The number of furan rings is 1. The van der Waals surface area contributed by atoms with Gasteiger partial charge in [-0.15, -0.1) is 0 Å². The standard InChI is InChI=1S/C23H20N2O4/c1-13(26)25-16-8-9-18-17(12-16)21-20(23(24)27)15(10-14-6-4-3-5-7-14)11-19(28-2)22(21)29-18/h3-9,11-12H,10H2,1-2H3,(H2,24,27)(H,25,26). The summed E-state index contributed by atoms with van der Waals surface area (Å²) < 4.78 is 11.5. The zero-order chi connectivity index (χ0) is 20.5. The average molecular weight is 388 g/mol. The van der Waals surface area contributed by atoms with E-state index in [4.69, 9.17) is 14.9 Å². The van der Waals surface area contributed by atoms with Gasteiger partial charge in [0.2, 0.25) is 11.8 Å². The number of nitrogens with two attached hydrogens (primary N) is 1. The topological polar surface area (TPSA) is 94.6 Å². The molecule has 0 atom stereocenters. The van der Waals surface area contributed by atoms with Gasteiger partial charge in [-0.25, -0.2) is 0 Å². The van der Waals surface area contributed by atoms with Crippen LogP contribution < -0.4 is 15.8 Å². The molecular formula is C23H20N2O4. The van der Waals surface area contributed by atoms with Crippen LogP contribution in [0.3, 0.4) is 0 Å². The van der Waals surface area contributed by atoms with Crippen molar-refractivity contribution in [1.82, 2.24) is 0 Å². The summed E-state index contributed by atoms with van der Waals surface area (Å²) in [6, 6.07) is 16.9. The summed E-state index contributed by atoms with van der Waals surface area (Å²) in [5, 5.41) is 4.03. The predicted octanol–water partition coefficient (Wildman–Crippen LogP) is 4.24. The normalized spacial score (nSPS) is 11.0. The lowest BCUT2D eigenvalue weighted by atomic mass is 9.94. The number of primary amides is 1. The molecule has 0 saturated heterocycles. The quantitative estimate of drug-likeness (QED) is 0.534. The SMILES string of the molecule is COc1cc(Cc2ccccc2)c(C(N)=O)c2c1oc1ccc(NC(C)=O)cc12. The van der Waals surface area contributed by atoms with Crippen LogP contribution in [0.25, 0.3) is 21.9 Å². The van der Waals surface area contributed by atoms with Crippen molar-refractivity contribution in [2.45, 2.75) is 13.3 Å². The summed E-state index contributed by atoms with van der Waals surface area (Å²) in [6.07, 6.45) is 0.517. The molecule has 0 fully saturated rings. The van der Waals surface area contributed by atoms with Gasteiger partial charge in [0.1, 0.15) is 5.58 Å². The molecule has 0 aliphatic rings. The van der Waals surface area contributed by atoms with E-state index in [1.807, 2.05) is 30.3 Å². The van der Waals surface area contributed by atoms with Crippen molar-refractivity contribution in [1.29, 1.82) is 0 Å². The summed E-state index contributed by atoms with van der Waals surface area (Å²) in [7, 11) is 1.56. The van der Waals surface area contributed by atoms with Crippen molar-refractivity contribution in [3.63, 3.8) is 0 Å². The van der Waals surface area contributed by atoms with Gasteiger partial charge >= 0.3 is 0 Å². The third kappa shape index (κ3) is 3.40. The minimum Gasteiger partial charge on any atom is -0.493 e. The molecule has 4 aromatic rings. The van der Waals surface area contributed by atoms with Crippen LogP contribution in [-0.2, 0) is 11.2 Å². The van der Waals surface area contributed by atoms with E-state index in [-0.39, 0.29) is 5.91 Å². The Hall–Kier alpha value is -3.80. The predicted molar refractivity (Wildman–Crippen MR) is 112 cm³/mol. The number of hydrogen-bond donors (Lipinski definition) is 2. The van der Waals surface area contributed by atoms with E-state index >= 15 is 0 Å². The lowest BCUT2D eigenvalue weighted by Gasteiger charge is -2.12. The molecule has 0 unspecified atom stereocenters. The highest BCUT2D eigenvalue weighted by molar-refractivity contribution is 6.19. The fourth-order valence-electron chi connectivity index (χ4n) is 3.65. The molecule has 0 saturated carbocycles. The molecule has 146 valence electrons. The maximum atomic E-state index is 12.5. The number of carbonyl (C=O) groups excluding carboxylic acids is 2. The fourth-order valence-corrected chi connectivity index (χ4v) is 3.65. The van der Waals surface area contributed by atoms with Crippen LogP contribution >= 0.6 is 0 Å². The number of fused-ring (bicyclic) bond motifs is 3. The Morgan fingerprint density at radius 2 is 1.86 bits per heavy atom. The average Bonchev–Trinajstić information content (AvgIpc) is 3.06. The molecule has 1 aromatic heterocycles. The zero-order valence-corrected chi connectivity index (χ0v) is 16.1. The minimum atomic E-state index is -0.545. The van der Waals surface area contributed by atoms with E-state index in [0.29, 0.717) is 45.4 Å². The monoisotopic (exact) mass is 388 g/mol. The lowest BCUT2D eigenvalue weighted by Crippen LogP contribution is -2.15. The van der Waals surface area contributed by atoms with E-state index in [2.05, 4.69) is 5.32 Å². The summed E-state index contributed by atoms with van der Waals surface area (Å²) in [4.78, 5) is 24.0. The van der Waals surface area contributed by atoms with Crippen molar-refractivity contribution in [3.05, 3.63) is 71.3 Å². The number of nitrogens with one attached hydrogen (secondary N) is 1. The van der Waals surface area contributed by atoms with Gasteiger partial charge in [-0.1, -0.05) is 30.3 Å². The van der Waals surface area contributed by atoms with Gasteiger partial charge in [0, 0.05) is 23.4 Å². The van der Waals surface area contributed by atoms with Gasteiger partial charge in [-0.2, -0.15) is 0 Å². The van der Waals surface area contributed by atoms with Crippen LogP contribution in [-0.4, -0.2) is 18.9 Å². The van der Waals surface area contributed by atoms with Crippen LogP contribution in [0, 0.1) is 0 Å². The van der Waals surface area contributed by atoms with E-state index in [1.165, 1.54) is 6.92 Å². The molecule has 0 spiro atoms. The van der Waals surface area contributed by atoms with E-state index in [0.717, 1.165) is 11.1 Å². The first-order valence-corrected chi connectivity index (χ1v) is 9.15. The second-order valence-electron chi connectivity index (χ2n) is 6.84.